The van der Waals surface area contributed by atoms with Crippen LogP contribution in [0, 0.1) is 11.6 Å². The van der Waals surface area contributed by atoms with Crippen LogP contribution >= 0.6 is 11.8 Å². The summed E-state index contributed by atoms with van der Waals surface area (Å²) in [6, 6.07) is 7.50. The number of amides is 1. The Morgan fingerprint density at radius 3 is 2.56 bits per heavy atom. The summed E-state index contributed by atoms with van der Waals surface area (Å²) in [5, 5.41) is -0.192. The van der Waals surface area contributed by atoms with Crippen LogP contribution in [0.4, 0.5) is 14.5 Å². The van der Waals surface area contributed by atoms with E-state index < -0.39 is 38.7 Å². The standard InChI is InChI=1S/C21H20F2N2O5S2/c1-29-17-6-3-12(7-18(17)30-2)8-20(26)24-21-25(15-5-4-13(22)9-14(15)23)16-10-32(27,28)11-19(16)31-21/h3-7,9,16,19H,8,10-11H2,1-2H3/t16-,19-/m0/s1. The number of ether oxygens (including phenoxy) is 2. The smallest absolute Gasteiger partial charge is 0.252 e. The molecular weight excluding hydrogens is 462 g/mol. The fourth-order valence-corrected chi connectivity index (χ4v) is 7.76. The van der Waals surface area contributed by atoms with Crippen LogP contribution in [0.2, 0.25) is 0 Å². The Bertz CT molecular complexity index is 1200. The van der Waals surface area contributed by atoms with Crippen molar-refractivity contribution in [2.24, 2.45) is 4.99 Å². The minimum absolute atomic E-state index is 0.0128. The van der Waals surface area contributed by atoms with Gasteiger partial charge in [-0.25, -0.2) is 17.2 Å². The Labute approximate surface area is 188 Å². The zero-order valence-corrected chi connectivity index (χ0v) is 18.9. The van der Waals surface area contributed by atoms with E-state index in [0.29, 0.717) is 17.1 Å². The van der Waals surface area contributed by atoms with E-state index in [2.05, 4.69) is 4.99 Å². The normalized spacial score (nSPS) is 22.8. The number of carbonyl (C=O) groups excluding carboxylic acids is 1. The highest BCUT2D eigenvalue weighted by atomic mass is 32.2. The van der Waals surface area contributed by atoms with Gasteiger partial charge in [0.25, 0.3) is 5.91 Å². The number of rotatable bonds is 5. The maximum Gasteiger partial charge on any atom is 0.252 e. The van der Waals surface area contributed by atoms with Crippen LogP contribution in [-0.4, -0.2) is 56.5 Å². The van der Waals surface area contributed by atoms with E-state index in [1.54, 1.807) is 18.2 Å². The highest BCUT2D eigenvalue weighted by Gasteiger charge is 2.50. The first kappa shape index (κ1) is 22.5. The Balaban J connectivity index is 1.64. The maximum atomic E-state index is 14.6. The lowest BCUT2D eigenvalue weighted by Gasteiger charge is -2.24. The highest BCUT2D eigenvalue weighted by molar-refractivity contribution is 8.16. The van der Waals surface area contributed by atoms with Crippen molar-refractivity contribution in [2.75, 3.05) is 30.6 Å². The van der Waals surface area contributed by atoms with Gasteiger partial charge < -0.3 is 14.4 Å². The van der Waals surface area contributed by atoms with Gasteiger partial charge in [0.2, 0.25) is 0 Å². The molecule has 7 nitrogen and oxygen atoms in total. The number of hydrogen-bond donors (Lipinski definition) is 0. The summed E-state index contributed by atoms with van der Waals surface area (Å²) in [5.41, 5.74) is 0.628. The second kappa shape index (κ2) is 8.70. The van der Waals surface area contributed by atoms with E-state index in [4.69, 9.17) is 9.47 Å². The van der Waals surface area contributed by atoms with Gasteiger partial charge in [0.05, 0.1) is 43.9 Å². The Kier molecular flexibility index (Phi) is 6.13. The molecule has 2 aromatic rings. The Morgan fingerprint density at radius 1 is 1.12 bits per heavy atom. The zero-order chi connectivity index (χ0) is 23.0. The summed E-state index contributed by atoms with van der Waals surface area (Å²) < 4.78 is 62.7. The van der Waals surface area contributed by atoms with E-state index >= 15 is 0 Å². The van der Waals surface area contributed by atoms with E-state index in [-0.39, 0.29) is 28.8 Å². The SMILES string of the molecule is COc1ccc(CC(=O)N=C2S[C@H]3CS(=O)(=O)C[C@@H]3N2c2ccc(F)cc2F)cc1OC. The zero-order valence-electron chi connectivity index (χ0n) is 17.2. The molecule has 0 radical (unpaired) electrons. The number of aliphatic imine (C=N–C) groups is 1. The molecule has 2 aromatic carbocycles. The molecule has 0 saturated carbocycles. The Morgan fingerprint density at radius 2 is 1.88 bits per heavy atom. The largest absolute Gasteiger partial charge is 0.493 e. The number of nitrogens with zero attached hydrogens (tertiary/aromatic N) is 2. The summed E-state index contributed by atoms with van der Waals surface area (Å²) in [5.74, 6) is -1.39. The molecule has 2 heterocycles. The molecule has 0 bridgehead atoms. The van der Waals surface area contributed by atoms with Gasteiger partial charge in [-0.1, -0.05) is 17.8 Å². The number of hydrogen-bond acceptors (Lipinski definition) is 6. The second-order valence-corrected chi connectivity index (χ2v) is 10.8. The third-order valence-corrected chi connectivity index (χ3v) is 8.47. The Hall–Kier alpha value is -2.66. The van der Waals surface area contributed by atoms with Crippen LogP contribution in [0.1, 0.15) is 5.56 Å². The van der Waals surface area contributed by atoms with Crippen molar-refractivity contribution in [3.05, 3.63) is 53.6 Å². The molecule has 32 heavy (non-hydrogen) atoms. The lowest BCUT2D eigenvalue weighted by Crippen LogP contribution is -2.38. The third-order valence-electron chi connectivity index (χ3n) is 5.26. The van der Waals surface area contributed by atoms with Gasteiger partial charge in [0.1, 0.15) is 11.6 Å². The molecule has 170 valence electrons. The summed E-state index contributed by atoms with van der Waals surface area (Å²) in [6.07, 6.45) is -0.0439. The van der Waals surface area contributed by atoms with Crippen LogP contribution in [0.5, 0.6) is 11.5 Å². The molecule has 2 atom stereocenters. The molecule has 1 amide bonds. The molecule has 0 spiro atoms. The molecule has 2 fully saturated rings. The molecule has 4 rings (SSSR count). The van der Waals surface area contributed by atoms with Gasteiger partial charge in [-0.05, 0) is 29.8 Å². The topological polar surface area (TPSA) is 85.3 Å². The molecular formula is C21H20F2N2O5S2. The van der Waals surface area contributed by atoms with E-state index in [1.807, 2.05) is 0 Å². The summed E-state index contributed by atoms with van der Waals surface area (Å²) in [4.78, 5) is 18.3. The quantitative estimate of drug-likeness (QED) is 0.648. The van der Waals surface area contributed by atoms with Gasteiger partial charge in [0, 0.05) is 11.3 Å². The van der Waals surface area contributed by atoms with Crippen molar-refractivity contribution in [3.8, 4) is 11.5 Å². The van der Waals surface area contributed by atoms with Gasteiger partial charge in [-0.3, -0.25) is 4.79 Å². The number of anilines is 1. The van der Waals surface area contributed by atoms with Gasteiger partial charge >= 0.3 is 0 Å². The van der Waals surface area contributed by atoms with Crippen molar-refractivity contribution in [1.29, 1.82) is 0 Å². The lowest BCUT2D eigenvalue weighted by molar-refractivity contribution is -0.117. The average molecular weight is 483 g/mol. The summed E-state index contributed by atoms with van der Waals surface area (Å²) in [7, 11) is -0.314. The number of sulfone groups is 1. The average Bonchev–Trinajstić information content (AvgIpc) is 3.19. The van der Waals surface area contributed by atoms with Crippen molar-refractivity contribution in [1.82, 2.24) is 0 Å². The minimum Gasteiger partial charge on any atom is -0.493 e. The fraction of sp³-hybridized carbons (Fsp3) is 0.333. The number of thioether (sulfide) groups is 1. The number of fused-ring (bicyclic) bond motifs is 1. The summed E-state index contributed by atoms with van der Waals surface area (Å²) >= 11 is 1.12. The molecule has 0 N–H and O–H groups in total. The molecule has 0 unspecified atom stereocenters. The second-order valence-electron chi connectivity index (χ2n) is 7.42. The molecule has 11 heteroatoms. The number of amidine groups is 1. The molecule has 2 saturated heterocycles. The van der Waals surface area contributed by atoms with Crippen molar-refractivity contribution in [3.63, 3.8) is 0 Å². The number of halogens is 2. The van der Waals surface area contributed by atoms with E-state index in [9.17, 15) is 22.0 Å². The fourth-order valence-electron chi connectivity index (χ4n) is 3.83. The first-order valence-corrected chi connectivity index (χ1v) is 12.3. The monoisotopic (exact) mass is 482 g/mol. The minimum atomic E-state index is -3.31. The van der Waals surface area contributed by atoms with Gasteiger partial charge in [0.15, 0.2) is 26.5 Å². The van der Waals surface area contributed by atoms with Gasteiger partial charge in [-0.2, -0.15) is 4.99 Å². The number of carbonyl (C=O) groups is 1. The van der Waals surface area contributed by atoms with Gasteiger partial charge in [-0.15, -0.1) is 0 Å². The molecule has 0 aliphatic carbocycles. The predicted molar refractivity (Wildman–Crippen MR) is 118 cm³/mol. The van der Waals surface area contributed by atoms with Crippen molar-refractivity contribution in [2.45, 2.75) is 17.7 Å². The van der Waals surface area contributed by atoms with Crippen LogP contribution < -0.4 is 14.4 Å². The predicted octanol–water partition coefficient (Wildman–Crippen LogP) is 2.83. The molecule has 0 aromatic heterocycles. The van der Waals surface area contributed by atoms with Crippen LogP contribution in [0.3, 0.4) is 0 Å². The highest BCUT2D eigenvalue weighted by Crippen LogP contribution is 2.42. The summed E-state index contributed by atoms with van der Waals surface area (Å²) in [6.45, 7) is 0. The lowest BCUT2D eigenvalue weighted by atomic mass is 10.1. The first-order valence-electron chi connectivity index (χ1n) is 9.64. The van der Waals surface area contributed by atoms with Crippen molar-refractivity contribution >= 4 is 38.4 Å². The molecule has 2 aliphatic heterocycles. The van der Waals surface area contributed by atoms with Crippen LogP contribution in [0.25, 0.3) is 0 Å². The number of methoxy groups -OCH3 is 2. The van der Waals surface area contributed by atoms with Crippen LogP contribution in [0.15, 0.2) is 41.4 Å². The van der Waals surface area contributed by atoms with Crippen molar-refractivity contribution < 1.29 is 31.5 Å². The third kappa shape index (κ3) is 4.44. The van der Waals surface area contributed by atoms with Crippen LogP contribution in [-0.2, 0) is 21.1 Å². The molecule has 2 aliphatic rings. The maximum absolute atomic E-state index is 14.6. The number of benzene rings is 2. The van der Waals surface area contributed by atoms with E-state index in [0.717, 1.165) is 23.9 Å². The first-order chi connectivity index (χ1) is 15.2. The van der Waals surface area contributed by atoms with E-state index in [1.165, 1.54) is 25.2 Å².